The molecule has 2 heterocycles. The highest BCUT2D eigenvalue weighted by molar-refractivity contribution is 5.84. The second kappa shape index (κ2) is 12.3. The molecule has 4 rings (SSSR count). The van der Waals surface area contributed by atoms with Crippen LogP contribution in [0.5, 0.6) is 0 Å². The summed E-state index contributed by atoms with van der Waals surface area (Å²) < 4.78 is 18.1. The molecular formula is C28H36N2O5. The van der Waals surface area contributed by atoms with E-state index in [0.29, 0.717) is 5.69 Å². The summed E-state index contributed by atoms with van der Waals surface area (Å²) in [6.45, 7) is 8.95. The van der Waals surface area contributed by atoms with E-state index in [0.717, 1.165) is 36.3 Å². The van der Waals surface area contributed by atoms with Gasteiger partial charge in [-0.15, -0.1) is 0 Å². The van der Waals surface area contributed by atoms with Crippen molar-refractivity contribution >= 4 is 11.8 Å². The lowest BCUT2D eigenvalue weighted by Gasteiger charge is -2.43. The molecule has 7 heteroatoms. The molecule has 4 unspecified atom stereocenters. The first kappa shape index (κ1) is 25.4. The van der Waals surface area contributed by atoms with E-state index in [1.165, 1.54) is 25.3 Å². The van der Waals surface area contributed by atoms with Gasteiger partial charge >= 0.3 is 6.09 Å². The zero-order valence-corrected chi connectivity index (χ0v) is 20.4. The summed E-state index contributed by atoms with van der Waals surface area (Å²) >= 11 is 0. The van der Waals surface area contributed by atoms with E-state index in [2.05, 4.69) is 23.7 Å². The topological polar surface area (TPSA) is 80.3 Å². The summed E-state index contributed by atoms with van der Waals surface area (Å²) in [5.41, 5.74) is 3.38. The van der Waals surface area contributed by atoms with Crippen molar-refractivity contribution in [2.45, 2.75) is 51.3 Å². The maximum absolute atomic E-state index is 12.0. The number of ether oxygens (including phenoxy) is 3. The van der Waals surface area contributed by atoms with Crippen molar-refractivity contribution < 1.29 is 24.1 Å². The molecule has 35 heavy (non-hydrogen) atoms. The lowest BCUT2D eigenvalue weighted by molar-refractivity contribution is -0.276. The van der Waals surface area contributed by atoms with Crippen LogP contribution in [0.3, 0.4) is 0 Å². The smallest absolute Gasteiger partial charge is 0.411 e. The lowest BCUT2D eigenvalue weighted by atomic mass is 9.89. The molecule has 0 aliphatic carbocycles. The average molecular weight is 481 g/mol. The Hall–Kier alpha value is -2.71. The summed E-state index contributed by atoms with van der Waals surface area (Å²) in [6.07, 6.45) is 3.98. The zero-order valence-electron chi connectivity index (χ0n) is 20.4. The molecule has 2 aliphatic rings. The van der Waals surface area contributed by atoms with Gasteiger partial charge in [0.05, 0.1) is 18.8 Å². The van der Waals surface area contributed by atoms with Crippen molar-refractivity contribution in [2.24, 2.45) is 5.92 Å². The predicted molar refractivity (Wildman–Crippen MR) is 135 cm³/mol. The van der Waals surface area contributed by atoms with E-state index in [-0.39, 0.29) is 31.3 Å². The van der Waals surface area contributed by atoms with Crippen LogP contribution in [0.1, 0.15) is 55.3 Å². The summed E-state index contributed by atoms with van der Waals surface area (Å²) in [5, 5.41) is 12.2. The van der Waals surface area contributed by atoms with Crippen LogP contribution >= 0.6 is 0 Å². The number of benzene rings is 2. The van der Waals surface area contributed by atoms with Crippen LogP contribution in [0.4, 0.5) is 10.5 Å². The van der Waals surface area contributed by atoms with Crippen LogP contribution < -0.4 is 5.32 Å². The summed E-state index contributed by atoms with van der Waals surface area (Å²) in [4.78, 5) is 14.5. The molecule has 2 aromatic carbocycles. The monoisotopic (exact) mass is 480 g/mol. The number of carbonyl (C=O) groups excluding carboxylic acids is 1. The third-order valence-corrected chi connectivity index (χ3v) is 6.75. The van der Waals surface area contributed by atoms with Crippen LogP contribution in [0.15, 0.2) is 61.2 Å². The van der Waals surface area contributed by atoms with E-state index in [1.54, 1.807) is 6.07 Å². The first-order valence-electron chi connectivity index (χ1n) is 12.4. The molecule has 188 valence electrons. The number of carbonyl (C=O) groups is 1. The van der Waals surface area contributed by atoms with Gasteiger partial charge in [0.25, 0.3) is 0 Å². The van der Waals surface area contributed by atoms with Crippen LogP contribution in [-0.2, 0) is 20.8 Å². The van der Waals surface area contributed by atoms with Gasteiger partial charge in [0.2, 0.25) is 0 Å². The van der Waals surface area contributed by atoms with E-state index in [4.69, 9.17) is 14.2 Å². The number of aliphatic hydroxyl groups is 1. The molecule has 0 bridgehead atoms. The first-order chi connectivity index (χ1) is 17.1. The molecule has 0 radical (unpaired) electrons. The standard InChI is InChI=1S/C28H36N2O5/c1-3-16-33-28(32)29-24-9-7-8-23(17-24)27-34-25(18-30-14-5-4-6-15-30)20(2)26(35-27)22-12-10-21(19-31)11-13-22/h3,7-13,17,20,25-27,31H,1,4-6,14-16,18-19H2,2H3,(H,29,32). The minimum atomic E-state index is -0.575. The quantitative estimate of drug-likeness (QED) is 0.506. The highest BCUT2D eigenvalue weighted by Gasteiger charge is 2.39. The first-order valence-corrected chi connectivity index (χ1v) is 12.4. The predicted octanol–water partition coefficient (Wildman–Crippen LogP) is 5.19. The van der Waals surface area contributed by atoms with Gasteiger partial charge in [-0.05, 0) is 49.2 Å². The van der Waals surface area contributed by atoms with Crippen molar-refractivity contribution in [1.82, 2.24) is 4.90 Å². The molecule has 1 amide bonds. The molecule has 0 saturated carbocycles. The normalized spacial score (nSPS) is 25.1. The molecule has 0 spiro atoms. The molecule has 2 N–H and O–H groups in total. The number of piperidine rings is 1. The van der Waals surface area contributed by atoms with Crippen LogP contribution in [0.2, 0.25) is 0 Å². The SMILES string of the molecule is C=CCOC(=O)Nc1cccc(C2OC(CN3CCCCC3)C(C)C(c3ccc(CO)cc3)O2)c1. The molecule has 7 nitrogen and oxygen atoms in total. The summed E-state index contributed by atoms with van der Waals surface area (Å²) in [6, 6.07) is 15.4. The van der Waals surface area contributed by atoms with Gasteiger partial charge in [-0.1, -0.05) is 62.4 Å². The lowest BCUT2D eigenvalue weighted by Crippen LogP contribution is -2.45. The van der Waals surface area contributed by atoms with Crippen LogP contribution in [-0.4, -0.2) is 48.4 Å². The number of anilines is 1. The second-order valence-electron chi connectivity index (χ2n) is 9.32. The Balaban J connectivity index is 1.56. The molecule has 4 atom stereocenters. The number of amides is 1. The Bertz CT molecular complexity index is 974. The van der Waals surface area contributed by atoms with Crippen molar-refractivity contribution in [3.05, 3.63) is 77.9 Å². The van der Waals surface area contributed by atoms with E-state index >= 15 is 0 Å². The van der Waals surface area contributed by atoms with Gasteiger partial charge in [-0.25, -0.2) is 4.79 Å². The maximum Gasteiger partial charge on any atom is 0.411 e. The third kappa shape index (κ3) is 6.70. The minimum Gasteiger partial charge on any atom is -0.445 e. The highest BCUT2D eigenvalue weighted by atomic mass is 16.7. The van der Waals surface area contributed by atoms with Crippen molar-refractivity contribution in [1.29, 1.82) is 0 Å². The highest BCUT2D eigenvalue weighted by Crippen LogP contribution is 2.42. The number of likely N-dealkylation sites (tertiary alicyclic amines) is 1. The van der Waals surface area contributed by atoms with Gasteiger partial charge in [0.1, 0.15) is 6.61 Å². The number of hydrogen-bond donors (Lipinski definition) is 2. The molecule has 2 saturated heterocycles. The van der Waals surface area contributed by atoms with E-state index in [9.17, 15) is 9.90 Å². The summed E-state index contributed by atoms with van der Waals surface area (Å²) in [7, 11) is 0. The fraction of sp³-hybridized carbons (Fsp3) is 0.464. The summed E-state index contributed by atoms with van der Waals surface area (Å²) in [5.74, 6) is 0.142. The number of nitrogens with zero attached hydrogens (tertiary/aromatic N) is 1. The number of hydrogen-bond acceptors (Lipinski definition) is 6. The minimum absolute atomic E-state index is 0.0106. The van der Waals surface area contributed by atoms with Gasteiger partial charge in [0.15, 0.2) is 6.29 Å². The van der Waals surface area contributed by atoms with E-state index < -0.39 is 12.4 Å². The molecule has 2 aromatic rings. The second-order valence-corrected chi connectivity index (χ2v) is 9.32. The zero-order chi connectivity index (χ0) is 24.6. The van der Waals surface area contributed by atoms with Crippen molar-refractivity contribution in [3.8, 4) is 0 Å². The Kier molecular flexibility index (Phi) is 8.93. The van der Waals surface area contributed by atoms with E-state index in [1.807, 2.05) is 42.5 Å². The average Bonchev–Trinajstić information content (AvgIpc) is 2.89. The Morgan fingerprint density at radius 2 is 1.91 bits per heavy atom. The van der Waals surface area contributed by atoms with Crippen LogP contribution in [0.25, 0.3) is 0 Å². The largest absolute Gasteiger partial charge is 0.445 e. The number of rotatable bonds is 8. The Labute approximate surface area is 207 Å². The van der Waals surface area contributed by atoms with Gasteiger partial charge < -0.3 is 24.2 Å². The molecular weight excluding hydrogens is 444 g/mol. The van der Waals surface area contributed by atoms with Gasteiger partial charge in [-0.3, -0.25) is 5.32 Å². The van der Waals surface area contributed by atoms with Crippen molar-refractivity contribution in [2.75, 3.05) is 31.6 Å². The molecule has 2 fully saturated rings. The molecule has 0 aromatic heterocycles. The number of nitrogens with one attached hydrogen (secondary N) is 1. The fourth-order valence-corrected chi connectivity index (χ4v) is 4.78. The van der Waals surface area contributed by atoms with Gasteiger partial charge in [0, 0.05) is 23.7 Å². The Morgan fingerprint density at radius 3 is 2.63 bits per heavy atom. The third-order valence-electron chi connectivity index (χ3n) is 6.75. The maximum atomic E-state index is 12.0. The Morgan fingerprint density at radius 1 is 1.14 bits per heavy atom. The fourth-order valence-electron chi connectivity index (χ4n) is 4.78. The number of aliphatic hydroxyl groups excluding tert-OH is 1. The molecule has 2 aliphatic heterocycles. The van der Waals surface area contributed by atoms with Crippen LogP contribution in [0, 0.1) is 5.92 Å². The van der Waals surface area contributed by atoms with Gasteiger partial charge in [-0.2, -0.15) is 0 Å². The van der Waals surface area contributed by atoms with Crippen molar-refractivity contribution in [3.63, 3.8) is 0 Å².